The quantitative estimate of drug-likeness (QED) is 0.765. The minimum atomic E-state index is 0.0721. The van der Waals surface area contributed by atoms with Gasteiger partial charge in [-0.15, -0.1) is 11.6 Å². The zero-order chi connectivity index (χ0) is 11.5. The maximum absolute atomic E-state index is 5.83. The number of hydrogen-bond acceptors (Lipinski definition) is 3. The summed E-state index contributed by atoms with van der Waals surface area (Å²) in [7, 11) is 0. The van der Waals surface area contributed by atoms with Crippen LogP contribution in [0.2, 0.25) is 5.02 Å². The van der Waals surface area contributed by atoms with Crippen LogP contribution in [0.5, 0.6) is 0 Å². The van der Waals surface area contributed by atoms with Crippen LogP contribution in [-0.2, 0) is 4.74 Å². The highest BCUT2D eigenvalue weighted by molar-refractivity contribution is 6.30. The van der Waals surface area contributed by atoms with Crippen LogP contribution in [-0.4, -0.2) is 36.2 Å². The highest BCUT2D eigenvalue weighted by Crippen LogP contribution is 2.20. The van der Waals surface area contributed by atoms with E-state index in [0.717, 1.165) is 18.9 Å². The molecule has 2 heterocycles. The van der Waals surface area contributed by atoms with Crippen molar-refractivity contribution in [2.45, 2.75) is 19.1 Å². The first-order valence-electron chi connectivity index (χ1n) is 5.27. The molecule has 16 heavy (non-hydrogen) atoms. The van der Waals surface area contributed by atoms with Crippen LogP contribution in [0.25, 0.3) is 0 Å². The van der Waals surface area contributed by atoms with E-state index in [1.165, 1.54) is 0 Å². The summed E-state index contributed by atoms with van der Waals surface area (Å²) in [5, 5.41) is 0.652. The lowest BCUT2D eigenvalue weighted by atomic mass is 10.2. The summed E-state index contributed by atoms with van der Waals surface area (Å²) in [5.41, 5.74) is 0. The molecule has 2 rings (SSSR count). The van der Waals surface area contributed by atoms with Crippen molar-refractivity contribution < 1.29 is 4.74 Å². The van der Waals surface area contributed by atoms with Crippen LogP contribution in [0.4, 0.5) is 5.82 Å². The van der Waals surface area contributed by atoms with Crippen LogP contribution in [0.15, 0.2) is 18.3 Å². The van der Waals surface area contributed by atoms with Crippen LogP contribution < -0.4 is 4.90 Å². The van der Waals surface area contributed by atoms with Gasteiger partial charge in [-0.25, -0.2) is 4.98 Å². The summed E-state index contributed by atoms with van der Waals surface area (Å²) in [5.74, 6) is 1.43. The maximum Gasteiger partial charge on any atom is 0.128 e. The van der Waals surface area contributed by atoms with E-state index in [2.05, 4.69) is 9.88 Å². The monoisotopic (exact) mass is 260 g/mol. The number of morpholine rings is 1. The van der Waals surface area contributed by atoms with Crippen LogP contribution in [0.1, 0.15) is 6.92 Å². The molecule has 0 saturated carbocycles. The predicted octanol–water partition coefficient (Wildman–Crippen LogP) is 2.57. The van der Waals surface area contributed by atoms with Crippen molar-refractivity contribution in [3.8, 4) is 0 Å². The van der Waals surface area contributed by atoms with Gasteiger partial charge in [-0.2, -0.15) is 0 Å². The average molecular weight is 261 g/mol. The zero-order valence-corrected chi connectivity index (χ0v) is 10.6. The Morgan fingerprint density at radius 3 is 2.94 bits per heavy atom. The van der Waals surface area contributed by atoms with E-state index in [1.54, 1.807) is 6.20 Å². The van der Waals surface area contributed by atoms with E-state index in [4.69, 9.17) is 27.9 Å². The summed E-state index contributed by atoms with van der Waals surface area (Å²) in [6.07, 6.45) is 1.91. The fourth-order valence-corrected chi connectivity index (χ4v) is 2.15. The molecule has 3 nitrogen and oxygen atoms in total. The summed E-state index contributed by atoms with van der Waals surface area (Å²) in [6.45, 7) is 3.66. The molecule has 1 aliphatic heterocycles. The number of rotatable bonds is 2. The molecule has 0 spiro atoms. The maximum atomic E-state index is 5.83. The molecule has 5 heteroatoms. The number of pyridine rings is 1. The van der Waals surface area contributed by atoms with Gasteiger partial charge in [-0.1, -0.05) is 11.6 Å². The van der Waals surface area contributed by atoms with E-state index < -0.39 is 0 Å². The van der Waals surface area contributed by atoms with Gasteiger partial charge in [0.25, 0.3) is 0 Å². The molecule has 0 amide bonds. The summed E-state index contributed by atoms with van der Waals surface area (Å²) in [6, 6.07) is 3.77. The molecular formula is C11H14Cl2N2O. The highest BCUT2D eigenvalue weighted by Gasteiger charge is 2.25. The van der Waals surface area contributed by atoms with Gasteiger partial charge >= 0.3 is 0 Å². The minimum Gasteiger partial charge on any atom is -0.370 e. The first-order chi connectivity index (χ1) is 7.69. The lowest BCUT2D eigenvalue weighted by Gasteiger charge is -2.36. The third-order valence-corrected chi connectivity index (χ3v) is 3.10. The third-order valence-electron chi connectivity index (χ3n) is 2.53. The van der Waals surface area contributed by atoms with Gasteiger partial charge < -0.3 is 9.64 Å². The van der Waals surface area contributed by atoms with Crippen LogP contribution >= 0.6 is 23.2 Å². The molecule has 88 valence electrons. The van der Waals surface area contributed by atoms with Gasteiger partial charge in [0.1, 0.15) is 5.82 Å². The minimum absolute atomic E-state index is 0.0721. The Bertz CT molecular complexity index is 344. The molecule has 2 atom stereocenters. The normalized spacial score (nSPS) is 25.8. The molecule has 1 aromatic heterocycles. The third kappa shape index (κ3) is 2.78. The summed E-state index contributed by atoms with van der Waals surface area (Å²) in [4.78, 5) is 6.48. The predicted molar refractivity (Wildman–Crippen MR) is 66.5 cm³/mol. The Morgan fingerprint density at radius 1 is 1.50 bits per heavy atom. The van der Waals surface area contributed by atoms with Crippen LogP contribution in [0.3, 0.4) is 0 Å². The second-order valence-corrected chi connectivity index (χ2v) is 4.71. The standard InChI is InChI=1S/C11H14Cl2N2O/c1-8-6-15(7-10(4-12)16-8)11-3-2-9(13)5-14-11/h2-3,5,8,10H,4,6-7H2,1H3. The lowest BCUT2D eigenvalue weighted by Crippen LogP contribution is -2.47. The van der Waals surface area contributed by atoms with Crippen molar-refractivity contribution in [2.75, 3.05) is 23.9 Å². The molecule has 2 unspecified atom stereocenters. The van der Waals surface area contributed by atoms with Gasteiger partial charge in [0.15, 0.2) is 0 Å². The van der Waals surface area contributed by atoms with Gasteiger partial charge in [0.05, 0.1) is 23.1 Å². The van der Waals surface area contributed by atoms with Gasteiger partial charge in [0.2, 0.25) is 0 Å². The van der Waals surface area contributed by atoms with Crippen molar-refractivity contribution >= 4 is 29.0 Å². The van der Waals surface area contributed by atoms with E-state index in [-0.39, 0.29) is 12.2 Å². The number of halogens is 2. The Labute approximate surface area is 105 Å². The van der Waals surface area contributed by atoms with Crippen molar-refractivity contribution in [1.29, 1.82) is 0 Å². The Hall–Kier alpha value is -0.510. The smallest absolute Gasteiger partial charge is 0.128 e. The van der Waals surface area contributed by atoms with Crippen molar-refractivity contribution in [1.82, 2.24) is 4.98 Å². The summed E-state index contributed by atoms with van der Waals surface area (Å²) < 4.78 is 5.68. The second-order valence-electron chi connectivity index (χ2n) is 3.96. The number of anilines is 1. The molecule has 1 aliphatic rings. The number of aromatic nitrogens is 1. The first kappa shape index (κ1) is 12.0. The molecule has 0 bridgehead atoms. The molecule has 0 aliphatic carbocycles. The topological polar surface area (TPSA) is 25.4 Å². The summed E-state index contributed by atoms with van der Waals surface area (Å²) >= 11 is 11.6. The largest absolute Gasteiger partial charge is 0.370 e. The highest BCUT2D eigenvalue weighted by atomic mass is 35.5. The van der Waals surface area contributed by atoms with Gasteiger partial charge in [0, 0.05) is 19.3 Å². The molecule has 1 aromatic rings. The van der Waals surface area contributed by atoms with E-state index in [9.17, 15) is 0 Å². The van der Waals surface area contributed by atoms with Crippen molar-refractivity contribution in [2.24, 2.45) is 0 Å². The molecule has 1 fully saturated rings. The SMILES string of the molecule is CC1CN(c2ccc(Cl)cn2)CC(CCl)O1. The number of hydrogen-bond donors (Lipinski definition) is 0. The Kier molecular flexibility index (Phi) is 3.90. The van der Waals surface area contributed by atoms with Crippen LogP contribution in [0, 0.1) is 0 Å². The lowest BCUT2D eigenvalue weighted by molar-refractivity contribution is -0.00356. The van der Waals surface area contributed by atoms with Crippen molar-refractivity contribution in [3.05, 3.63) is 23.4 Å². The molecule has 0 aromatic carbocycles. The average Bonchev–Trinajstić information content (AvgIpc) is 2.29. The molecule has 1 saturated heterocycles. The van der Waals surface area contributed by atoms with E-state index in [0.29, 0.717) is 10.9 Å². The fourth-order valence-electron chi connectivity index (χ4n) is 1.87. The Balaban J connectivity index is 2.11. The van der Waals surface area contributed by atoms with Crippen molar-refractivity contribution in [3.63, 3.8) is 0 Å². The second kappa shape index (κ2) is 5.21. The molecular weight excluding hydrogens is 247 g/mol. The van der Waals surface area contributed by atoms with E-state index in [1.807, 2.05) is 19.1 Å². The molecule has 0 radical (unpaired) electrons. The van der Waals surface area contributed by atoms with E-state index >= 15 is 0 Å². The molecule has 0 N–H and O–H groups in total. The number of ether oxygens (including phenoxy) is 1. The zero-order valence-electron chi connectivity index (χ0n) is 9.07. The number of nitrogens with zero attached hydrogens (tertiary/aromatic N) is 2. The van der Waals surface area contributed by atoms with Gasteiger partial charge in [-0.3, -0.25) is 0 Å². The first-order valence-corrected chi connectivity index (χ1v) is 6.18. The fraction of sp³-hybridized carbons (Fsp3) is 0.545. The Morgan fingerprint density at radius 2 is 2.31 bits per heavy atom. The van der Waals surface area contributed by atoms with Gasteiger partial charge in [-0.05, 0) is 19.1 Å². The number of alkyl halides is 1.